The number of carbonyl (C=O) groups is 2. The number of carbonyl (C=O) groups excluding carboxylic acids is 2. The van der Waals surface area contributed by atoms with Crippen LogP contribution in [0.25, 0.3) is 0 Å². The van der Waals surface area contributed by atoms with Crippen LogP contribution >= 0.6 is 15.9 Å². The molecule has 0 atom stereocenters. The maximum absolute atomic E-state index is 13.2. The number of para-hydroxylation sites is 2. The SMILES string of the molecule is O=C1Nc2ccc(Br)cc2/C1=N/N=C1\C(=O)N(c2ccccc2)c2ccccc21. The molecule has 0 aliphatic carbocycles. The fourth-order valence-electron chi connectivity index (χ4n) is 3.45. The maximum Gasteiger partial charge on any atom is 0.284 e. The lowest BCUT2D eigenvalue weighted by Gasteiger charge is -2.16. The summed E-state index contributed by atoms with van der Waals surface area (Å²) in [5, 5.41) is 11.1. The van der Waals surface area contributed by atoms with E-state index in [-0.39, 0.29) is 23.2 Å². The largest absolute Gasteiger partial charge is 0.320 e. The zero-order valence-corrected chi connectivity index (χ0v) is 16.6. The average Bonchev–Trinajstić information content (AvgIpc) is 3.19. The van der Waals surface area contributed by atoms with Crippen molar-refractivity contribution in [3.63, 3.8) is 0 Å². The Bertz CT molecular complexity index is 1230. The van der Waals surface area contributed by atoms with Gasteiger partial charge in [-0.15, -0.1) is 10.2 Å². The molecule has 140 valence electrons. The van der Waals surface area contributed by atoms with Crippen molar-refractivity contribution in [2.24, 2.45) is 10.2 Å². The highest BCUT2D eigenvalue weighted by Crippen LogP contribution is 2.35. The minimum absolute atomic E-state index is 0.178. The minimum atomic E-state index is -0.346. The molecule has 3 aromatic rings. The molecule has 0 radical (unpaired) electrons. The number of hydrogen-bond acceptors (Lipinski definition) is 4. The van der Waals surface area contributed by atoms with Crippen molar-refractivity contribution >= 4 is 56.2 Å². The van der Waals surface area contributed by atoms with Crippen molar-refractivity contribution < 1.29 is 9.59 Å². The lowest BCUT2D eigenvalue weighted by atomic mass is 10.1. The first-order valence-corrected chi connectivity index (χ1v) is 9.68. The van der Waals surface area contributed by atoms with Gasteiger partial charge < -0.3 is 5.32 Å². The number of amides is 2. The van der Waals surface area contributed by atoms with Crippen molar-refractivity contribution in [1.82, 2.24) is 0 Å². The van der Waals surface area contributed by atoms with Crippen LogP contribution in [0.15, 0.2) is 87.5 Å². The Labute approximate surface area is 174 Å². The van der Waals surface area contributed by atoms with Crippen molar-refractivity contribution in [3.05, 3.63) is 88.4 Å². The molecule has 2 heterocycles. The van der Waals surface area contributed by atoms with Gasteiger partial charge in [-0.05, 0) is 36.4 Å². The van der Waals surface area contributed by atoms with E-state index >= 15 is 0 Å². The Morgan fingerprint density at radius 2 is 1.52 bits per heavy atom. The van der Waals surface area contributed by atoms with Crippen LogP contribution in [0, 0.1) is 0 Å². The van der Waals surface area contributed by atoms with E-state index in [4.69, 9.17) is 0 Å². The van der Waals surface area contributed by atoms with Crippen molar-refractivity contribution in [2.75, 3.05) is 10.2 Å². The Kier molecular flexibility index (Phi) is 4.10. The predicted octanol–water partition coefficient (Wildman–Crippen LogP) is 4.27. The number of nitrogens with one attached hydrogen (secondary N) is 1. The predicted molar refractivity (Wildman–Crippen MR) is 116 cm³/mol. The zero-order chi connectivity index (χ0) is 20.0. The maximum atomic E-state index is 13.2. The first kappa shape index (κ1) is 17.5. The molecule has 0 saturated carbocycles. The van der Waals surface area contributed by atoms with Crippen LogP contribution in [-0.4, -0.2) is 23.2 Å². The van der Waals surface area contributed by atoms with E-state index in [2.05, 4.69) is 31.4 Å². The molecular formula is C22H13BrN4O2. The van der Waals surface area contributed by atoms with Gasteiger partial charge in [0.05, 0.1) is 11.4 Å². The van der Waals surface area contributed by atoms with Gasteiger partial charge in [-0.2, -0.15) is 0 Å². The van der Waals surface area contributed by atoms with E-state index in [0.29, 0.717) is 16.8 Å². The molecule has 0 unspecified atom stereocenters. The van der Waals surface area contributed by atoms with Crippen LogP contribution in [-0.2, 0) is 9.59 Å². The highest BCUT2D eigenvalue weighted by Gasteiger charge is 2.35. The van der Waals surface area contributed by atoms with Gasteiger partial charge in [0.2, 0.25) is 0 Å². The summed E-state index contributed by atoms with van der Waals surface area (Å²) in [5.41, 5.74) is 3.86. The quantitative estimate of drug-likeness (QED) is 0.599. The Hall–Kier alpha value is -3.58. The number of nitrogens with zero attached hydrogens (tertiary/aromatic N) is 3. The number of benzene rings is 3. The molecule has 2 amide bonds. The second-order valence-corrected chi connectivity index (χ2v) is 7.45. The Morgan fingerprint density at radius 1 is 0.793 bits per heavy atom. The molecule has 0 saturated heterocycles. The van der Waals surface area contributed by atoms with E-state index in [0.717, 1.165) is 15.8 Å². The van der Waals surface area contributed by atoms with Crippen molar-refractivity contribution in [1.29, 1.82) is 0 Å². The smallest absolute Gasteiger partial charge is 0.284 e. The van der Waals surface area contributed by atoms with Gasteiger partial charge in [-0.1, -0.05) is 52.3 Å². The molecule has 29 heavy (non-hydrogen) atoms. The van der Waals surface area contributed by atoms with E-state index in [9.17, 15) is 9.59 Å². The number of hydrogen-bond donors (Lipinski definition) is 1. The second-order valence-electron chi connectivity index (χ2n) is 6.53. The van der Waals surface area contributed by atoms with E-state index in [1.54, 1.807) is 17.0 Å². The van der Waals surface area contributed by atoms with Gasteiger partial charge in [-0.25, -0.2) is 0 Å². The normalized spacial score (nSPS) is 17.6. The monoisotopic (exact) mass is 444 g/mol. The first-order valence-electron chi connectivity index (χ1n) is 8.89. The highest BCUT2D eigenvalue weighted by molar-refractivity contribution is 9.10. The van der Waals surface area contributed by atoms with Gasteiger partial charge in [0.25, 0.3) is 11.8 Å². The molecule has 0 fully saturated rings. The third-order valence-corrected chi connectivity index (χ3v) is 5.26. The van der Waals surface area contributed by atoms with Crippen LogP contribution < -0.4 is 10.2 Å². The molecule has 7 heteroatoms. The van der Waals surface area contributed by atoms with E-state index in [1.807, 2.05) is 60.7 Å². The summed E-state index contributed by atoms with van der Waals surface area (Å²) in [4.78, 5) is 27.1. The fraction of sp³-hybridized carbons (Fsp3) is 0. The van der Waals surface area contributed by atoms with Gasteiger partial charge >= 0.3 is 0 Å². The Morgan fingerprint density at radius 3 is 2.34 bits per heavy atom. The van der Waals surface area contributed by atoms with E-state index < -0.39 is 0 Å². The van der Waals surface area contributed by atoms with Crippen molar-refractivity contribution in [2.45, 2.75) is 0 Å². The van der Waals surface area contributed by atoms with Gasteiger partial charge in [0.15, 0.2) is 11.4 Å². The van der Waals surface area contributed by atoms with Crippen LogP contribution in [0.3, 0.4) is 0 Å². The van der Waals surface area contributed by atoms with Crippen molar-refractivity contribution in [3.8, 4) is 0 Å². The highest BCUT2D eigenvalue weighted by atomic mass is 79.9. The average molecular weight is 445 g/mol. The standard InChI is InChI=1S/C22H13BrN4O2/c23-13-10-11-17-16(12-13)19(21(28)24-17)25-26-20-15-8-4-5-9-18(15)27(22(20)29)14-6-2-1-3-7-14/h1-12H,(H,24,25,28)/b26-20-. The zero-order valence-electron chi connectivity index (χ0n) is 15.0. The molecular weight excluding hydrogens is 432 g/mol. The van der Waals surface area contributed by atoms with Gasteiger partial charge in [-0.3, -0.25) is 14.5 Å². The molecule has 2 aliphatic rings. The molecule has 0 bridgehead atoms. The second kappa shape index (κ2) is 6.79. The van der Waals surface area contributed by atoms with Gasteiger partial charge in [0, 0.05) is 21.3 Å². The summed E-state index contributed by atoms with van der Waals surface area (Å²) in [6, 6.07) is 22.2. The number of halogens is 1. The Balaban J connectivity index is 1.61. The third kappa shape index (κ3) is 2.87. The third-order valence-electron chi connectivity index (χ3n) is 4.77. The summed E-state index contributed by atoms with van der Waals surface area (Å²) in [7, 11) is 0. The summed E-state index contributed by atoms with van der Waals surface area (Å²) >= 11 is 3.40. The summed E-state index contributed by atoms with van der Waals surface area (Å²) in [6.07, 6.45) is 0. The summed E-state index contributed by atoms with van der Waals surface area (Å²) < 4.78 is 0.825. The molecule has 5 rings (SSSR count). The first-order chi connectivity index (χ1) is 14.1. The van der Waals surface area contributed by atoms with Crippen LogP contribution in [0.4, 0.5) is 17.1 Å². The topological polar surface area (TPSA) is 74.1 Å². The molecule has 2 aliphatic heterocycles. The molecule has 6 nitrogen and oxygen atoms in total. The summed E-state index contributed by atoms with van der Waals surface area (Å²) in [5.74, 6) is -0.629. The van der Waals surface area contributed by atoms with Crippen LogP contribution in [0.1, 0.15) is 11.1 Å². The van der Waals surface area contributed by atoms with Gasteiger partial charge in [0.1, 0.15) is 0 Å². The van der Waals surface area contributed by atoms with Crippen LogP contribution in [0.2, 0.25) is 0 Å². The number of fused-ring (bicyclic) bond motifs is 2. The molecule has 1 N–H and O–H groups in total. The molecule has 0 spiro atoms. The van der Waals surface area contributed by atoms with E-state index in [1.165, 1.54) is 0 Å². The minimum Gasteiger partial charge on any atom is -0.320 e. The van der Waals surface area contributed by atoms with Crippen LogP contribution in [0.5, 0.6) is 0 Å². The lowest BCUT2D eigenvalue weighted by Crippen LogP contribution is -2.25. The fourth-order valence-corrected chi connectivity index (χ4v) is 3.82. The number of anilines is 3. The molecule has 3 aromatic carbocycles. The summed E-state index contributed by atoms with van der Waals surface area (Å²) in [6.45, 7) is 0. The number of rotatable bonds is 2. The lowest BCUT2D eigenvalue weighted by molar-refractivity contribution is -0.112. The molecule has 0 aromatic heterocycles.